The number of likely N-dealkylation sites (tertiary alicyclic amines) is 1. The fourth-order valence-corrected chi connectivity index (χ4v) is 2.03. The van der Waals surface area contributed by atoms with E-state index >= 15 is 0 Å². The summed E-state index contributed by atoms with van der Waals surface area (Å²) in [5.41, 5.74) is -0.528. The standard InChI is InChI=1S/C12H23FN2O3/c1-12(2,3)18-11(16)15-6-4-5-9(7-15)10(13)8-17-14/h9-10H,4-8,14H2,1-3H3. The summed E-state index contributed by atoms with van der Waals surface area (Å²) >= 11 is 0. The van der Waals surface area contributed by atoms with Crippen LogP contribution in [0.4, 0.5) is 9.18 Å². The Hall–Kier alpha value is -0.880. The molecule has 106 valence electrons. The SMILES string of the molecule is CC(C)(C)OC(=O)N1CCCC(C(F)CON)C1. The van der Waals surface area contributed by atoms with Gasteiger partial charge in [0.2, 0.25) is 0 Å². The summed E-state index contributed by atoms with van der Waals surface area (Å²) in [6, 6.07) is 0. The third kappa shape index (κ3) is 4.78. The fraction of sp³-hybridized carbons (Fsp3) is 0.917. The highest BCUT2D eigenvalue weighted by Gasteiger charge is 2.31. The van der Waals surface area contributed by atoms with Crippen molar-refractivity contribution >= 4 is 6.09 Å². The molecule has 0 aromatic rings. The summed E-state index contributed by atoms with van der Waals surface area (Å²) in [6.45, 7) is 6.28. The Bertz CT molecular complexity index is 281. The maximum Gasteiger partial charge on any atom is 0.410 e. The van der Waals surface area contributed by atoms with Crippen molar-refractivity contribution in [3.05, 3.63) is 0 Å². The number of piperidine rings is 1. The zero-order valence-corrected chi connectivity index (χ0v) is 11.3. The van der Waals surface area contributed by atoms with Crippen LogP contribution in [0.2, 0.25) is 0 Å². The van der Waals surface area contributed by atoms with Gasteiger partial charge in [-0.2, -0.15) is 0 Å². The van der Waals surface area contributed by atoms with Crippen LogP contribution in [0.3, 0.4) is 0 Å². The molecule has 0 spiro atoms. The van der Waals surface area contributed by atoms with Crippen molar-refractivity contribution in [2.45, 2.75) is 45.4 Å². The van der Waals surface area contributed by atoms with Crippen LogP contribution in [0.15, 0.2) is 0 Å². The molecule has 1 saturated heterocycles. The fourth-order valence-electron chi connectivity index (χ4n) is 2.03. The van der Waals surface area contributed by atoms with E-state index in [0.29, 0.717) is 13.1 Å². The van der Waals surface area contributed by atoms with Crippen LogP contribution in [-0.2, 0) is 9.57 Å². The molecule has 1 rings (SSSR count). The summed E-state index contributed by atoms with van der Waals surface area (Å²) in [6.07, 6.45) is -0.00746. The largest absolute Gasteiger partial charge is 0.444 e. The molecule has 1 heterocycles. The second-order valence-electron chi connectivity index (χ2n) is 5.68. The van der Waals surface area contributed by atoms with E-state index in [1.165, 1.54) is 0 Å². The van der Waals surface area contributed by atoms with E-state index in [-0.39, 0.29) is 18.6 Å². The molecule has 1 fully saturated rings. The summed E-state index contributed by atoms with van der Waals surface area (Å²) in [7, 11) is 0. The van der Waals surface area contributed by atoms with Crippen molar-refractivity contribution in [1.82, 2.24) is 4.90 Å². The molecule has 2 unspecified atom stereocenters. The number of rotatable bonds is 3. The van der Waals surface area contributed by atoms with Crippen molar-refractivity contribution < 1.29 is 18.8 Å². The van der Waals surface area contributed by atoms with E-state index in [4.69, 9.17) is 10.6 Å². The monoisotopic (exact) mass is 262 g/mol. The number of carbonyl (C=O) groups excluding carboxylic acids is 1. The summed E-state index contributed by atoms with van der Waals surface area (Å²) in [4.78, 5) is 17.7. The van der Waals surface area contributed by atoms with Crippen molar-refractivity contribution in [1.29, 1.82) is 0 Å². The molecule has 1 aliphatic heterocycles. The molecule has 0 saturated carbocycles. The first-order valence-corrected chi connectivity index (χ1v) is 6.27. The van der Waals surface area contributed by atoms with Gasteiger partial charge in [-0.15, -0.1) is 0 Å². The molecule has 2 N–H and O–H groups in total. The summed E-state index contributed by atoms with van der Waals surface area (Å²) < 4.78 is 19.0. The molecule has 0 aromatic heterocycles. The number of halogens is 1. The Balaban J connectivity index is 2.50. The Kier molecular flexibility index (Phi) is 5.34. The van der Waals surface area contributed by atoms with Gasteiger partial charge in [0, 0.05) is 19.0 Å². The lowest BCUT2D eigenvalue weighted by atomic mass is 9.94. The van der Waals surface area contributed by atoms with Gasteiger partial charge in [-0.05, 0) is 33.6 Å². The average molecular weight is 262 g/mol. The molecule has 6 heteroatoms. The highest BCUT2D eigenvalue weighted by atomic mass is 19.1. The van der Waals surface area contributed by atoms with Crippen molar-refractivity contribution in [3.8, 4) is 0 Å². The number of hydrogen-bond donors (Lipinski definition) is 1. The minimum absolute atomic E-state index is 0.132. The smallest absolute Gasteiger partial charge is 0.410 e. The van der Waals surface area contributed by atoms with Crippen LogP contribution in [0.25, 0.3) is 0 Å². The molecular formula is C12H23FN2O3. The van der Waals surface area contributed by atoms with Crippen molar-refractivity contribution in [2.75, 3.05) is 19.7 Å². The summed E-state index contributed by atoms with van der Waals surface area (Å²) in [5, 5.41) is 0. The van der Waals surface area contributed by atoms with E-state index in [0.717, 1.165) is 12.8 Å². The van der Waals surface area contributed by atoms with E-state index in [1.807, 2.05) is 20.8 Å². The van der Waals surface area contributed by atoms with E-state index in [9.17, 15) is 9.18 Å². The van der Waals surface area contributed by atoms with Gasteiger partial charge < -0.3 is 14.5 Å². The predicted molar refractivity (Wildman–Crippen MR) is 65.6 cm³/mol. The molecule has 18 heavy (non-hydrogen) atoms. The highest BCUT2D eigenvalue weighted by molar-refractivity contribution is 5.68. The number of nitrogens with two attached hydrogens (primary N) is 1. The van der Waals surface area contributed by atoms with Gasteiger partial charge in [0.1, 0.15) is 11.8 Å². The third-order valence-electron chi connectivity index (χ3n) is 2.88. The van der Waals surface area contributed by atoms with Crippen LogP contribution in [0, 0.1) is 5.92 Å². The first kappa shape index (κ1) is 15.2. The maximum absolute atomic E-state index is 13.7. The van der Waals surface area contributed by atoms with Gasteiger partial charge in [0.15, 0.2) is 0 Å². The Labute approximate surface area is 107 Å². The Morgan fingerprint density at radius 1 is 1.56 bits per heavy atom. The molecule has 0 bridgehead atoms. The first-order valence-electron chi connectivity index (χ1n) is 6.27. The van der Waals surface area contributed by atoms with Gasteiger partial charge in [-0.25, -0.2) is 15.1 Å². The quantitative estimate of drug-likeness (QED) is 0.788. The average Bonchev–Trinajstić information content (AvgIpc) is 2.27. The molecular weight excluding hydrogens is 239 g/mol. The molecule has 0 radical (unpaired) electrons. The van der Waals surface area contributed by atoms with E-state index in [1.54, 1.807) is 4.90 Å². The lowest BCUT2D eigenvalue weighted by Crippen LogP contribution is -2.45. The lowest BCUT2D eigenvalue weighted by molar-refractivity contribution is -0.000246. The van der Waals surface area contributed by atoms with E-state index < -0.39 is 11.8 Å². The van der Waals surface area contributed by atoms with Crippen molar-refractivity contribution in [2.24, 2.45) is 11.8 Å². The molecule has 0 aliphatic carbocycles. The number of hydrogen-bond acceptors (Lipinski definition) is 4. The topological polar surface area (TPSA) is 64.8 Å². The number of carbonyl (C=O) groups is 1. The third-order valence-corrected chi connectivity index (χ3v) is 2.88. The minimum atomic E-state index is -1.14. The zero-order valence-electron chi connectivity index (χ0n) is 11.3. The van der Waals surface area contributed by atoms with Gasteiger partial charge >= 0.3 is 6.09 Å². The maximum atomic E-state index is 13.7. The van der Waals surface area contributed by atoms with Gasteiger partial charge in [0.25, 0.3) is 0 Å². The predicted octanol–water partition coefficient (Wildman–Crippen LogP) is 1.86. The van der Waals surface area contributed by atoms with E-state index in [2.05, 4.69) is 4.84 Å². The Morgan fingerprint density at radius 3 is 2.78 bits per heavy atom. The van der Waals surface area contributed by atoms with Crippen LogP contribution >= 0.6 is 0 Å². The molecule has 1 amide bonds. The van der Waals surface area contributed by atoms with Crippen LogP contribution in [0.5, 0.6) is 0 Å². The highest BCUT2D eigenvalue weighted by Crippen LogP contribution is 2.23. The van der Waals surface area contributed by atoms with Gasteiger partial charge in [-0.1, -0.05) is 0 Å². The Morgan fingerprint density at radius 2 is 2.22 bits per heavy atom. The molecule has 2 atom stereocenters. The summed E-state index contributed by atoms with van der Waals surface area (Å²) in [5.74, 6) is 4.64. The minimum Gasteiger partial charge on any atom is -0.444 e. The number of ether oxygens (including phenoxy) is 1. The van der Waals surface area contributed by atoms with Crippen LogP contribution < -0.4 is 5.90 Å². The second-order valence-corrected chi connectivity index (χ2v) is 5.68. The van der Waals surface area contributed by atoms with Crippen molar-refractivity contribution in [3.63, 3.8) is 0 Å². The normalized spacial score (nSPS) is 22.7. The zero-order chi connectivity index (χ0) is 13.8. The molecule has 1 aliphatic rings. The number of nitrogens with zero attached hydrogens (tertiary/aromatic N) is 1. The van der Waals surface area contributed by atoms with Crippen LogP contribution in [-0.4, -0.2) is 42.5 Å². The lowest BCUT2D eigenvalue weighted by Gasteiger charge is -2.35. The first-order chi connectivity index (χ1) is 8.33. The molecule has 0 aromatic carbocycles. The number of alkyl halides is 1. The number of amides is 1. The van der Waals surface area contributed by atoms with Crippen LogP contribution in [0.1, 0.15) is 33.6 Å². The van der Waals surface area contributed by atoms with Gasteiger partial charge in [-0.3, -0.25) is 0 Å². The second kappa shape index (κ2) is 6.33. The van der Waals surface area contributed by atoms with Gasteiger partial charge in [0.05, 0.1) is 6.61 Å². The molecule has 5 nitrogen and oxygen atoms in total.